The summed E-state index contributed by atoms with van der Waals surface area (Å²) >= 11 is 2.71. The van der Waals surface area contributed by atoms with Crippen LogP contribution in [0.5, 0.6) is 11.5 Å². The van der Waals surface area contributed by atoms with Gasteiger partial charge in [-0.15, -0.1) is 10.2 Å². The maximum atomic E-state index is 13.4. The van der Waals surface area contributed by atoms with E-state index in [4.69, 9.17) is 9.47 Å². The largest absolute Gasteiger partial charge is 0.507 e. The molecule has 0 spiro atoms. The fraction of sp³-hybridized carbons (Fsp3) is 0.143. The van der Waals surface area contributed by atoms with Crippen molar-refractivity contribution >= 4 is 45.7 Å². The average molecular weight is 546 g/mol. The van der Waals surface area contributed by atoms with Gasteiger partial charge in [-0.25, -0.2) is 0 Å². The lowest BCUT2D eigenvalue weighted by molar-refractivity contribution is -0.132. The highest BCUT2D eigenvalue weighted by Crippen LogP contribution is 2.45. The number of thioether (sulfide) groups is 1. The van der Waals surface area contributed by atoms with Crippen LogP contribution in [0, 0.1) is 0 Å². The van der Waals surface area contributed by atoms with E-state index in [0.29, 0.717) is 32.7 Å². The fourth-order valence-corrected chi connectivity index (χ4v) is 6.02. The molecule has 5 rings (SSSR count). The van der Waals surface area contributed by atoms with E-state index in [1.165, 1.54) is 42.2 Å². The van der Waals surface area contributed by atoms with Gasteiger partial charge in [0.25, 0.3) is 5.78 Å². The van der Waals surface area contributed by atoms with Gasteiger partial charge in [-0.05, 0) is 23.3 Å². The topological polar surface area (TPSA) is 102 Å². The molecule has 1 aromatic heterocycles. The zero-order chi connectivity index (χ0) is 26.6. The second-order valence-corrected chi connectivity index (χ2v) is 10.5. The molecule has 3 aromatic carbocycles. The normalized spacial score (nSPS) is 16.6. The number of nitrogens with zero attached hydrogens (tertiary/aromatic N) is 3. The van der Waals surface area contributed by atoms with Crippen LogP contribution in [0.3, 0.4) is 0 Å². The Kier molecular flexibility index (Phi) is 7.43. The van der Waals surface area contributed by atoms with Crippen molar-refractivity contribution in [3.8, 4) is 11.5 Å². The van der Waals surface area contributed by atoms with Gasteiger partial charge in [-0.3, -0.25) is 14.5 Å². The predicted octanol–water partition coefficient (Wildman–Crippen LogP) is 5.47. The molecule has 38 heavy (non-hydrogen) atoms. The molecule has 4 aromatic rings. The Morgan fingerprint density at radius 2 is 1.63 bits per heavy atom. The van der Waals surface area contributed by atoms with Gasteiger partial charge in [0.1, 0.15) is 5.76 Å². The molecule has 0 saturated carbocycles. The van der Waals surface area contributed by atoms with Crippen molar-refractivity contribution < 1.29 is 24.2 Å². The van der Waals surface area contributed by atoms with Crippen molar-refractivity contribution in [1.82, 2.24) is 10.2 Å². The SMILES string of the molecule is COc1ccc(C2/C(=C(/O)c3ccccc3)C(=O)C(=O)N2c2nnc(SCc3ccccc3)s2)cc1OC. The van der Waals surface area contributed by atoms with Gasteiger partial charge < -0.3 is 14.6 Å². The van der Waals surface area contributed by atoms with Crippen LogP contribution in [-0.2, 0) is 15.3 Å². The highest BCUT2D eigenvalue weighted by molar-refractivity contribution is 8.00. The molecule has 0 radical (unpaired) electrons. The monoisotopic (exact) mass is 545 g/mol. The lowest BCUT2D eigenvalue weighted by atomic mass is 9.95. The predicted molar refractivity (Wildman–Crippen MR) is 147 cm³/mol. The molecule has 10 heteroatoms. The molecule has 0 aliphatic carbocycles. The standard InChI is InChI=1S/C28H23N3O5S2/c1-35-20-14-13-19(15-21(20)36-2)23-22(24(32)18-11-7-4-8-12-18)25(33)26(34)31(23)27-29-30-28(38-27)37-16-17-9-5-3-6-10-17/h3-15,23,32H,16H2,1-2H3/b24-22-. The molecule has 1 amide bonds. The summed E-state index contributed by atoms with van der Waals surface area (Å²) in [6.07, 6.45) is 0. The molecule has 2 heterocycles. The van der Waals surface area contributed by atoms with E-state index in [2.05, 4.69) is 10.2 Å². The van der Waals surface area contributed by atoms with Gasteiger partial charge in [0.05, 0.1) is 25.8 Å². The van der Waals surface area contributed by atoms with Crippen LogP contribution >= 0.6 is 23.1 Å². The third-order valence-corrected chi connectivity index (χ3v) is 8.15. The van der Waals surface area contributed by atoms with E-state index in [9.17, 15) is 14.7 Å². The van der Waals surface area contributed by atoms with Gasteiger partial charge in [0.2, 0.25) is 5.13 Å². The summed E-state index contributed by atoms with van der Waals surface area (Å²) in [5, 5.41) is 20.0. The first kappa shape index (κ1) is 25.5. The number of rotatable bonds is 8. The van der Waals surface area contributed by atoms with Crippen molar-refractivity contribution in [2.45, 2.75) is 16.1 Å². The van der Waals surface area contributed by atoms with Crippen molar-refractivity contribution in [1.29, 1.82) is 0 Å². The number of benzene rings is 3. The Bertz CT molecular complexity index is 1510. The number of hydrogen-bond acceptors (Lipinski definition) is 9. The Balaban J connectivity index is 1.58. The Hall–Kier alpha value is -4.15. The molecule has 1 N–H and O–H groups in total. The lowest BCUT2D eigenvalue weighted by Crippen LogP contribution is -2.29. The van der Waals surface area contributed by atoms with Crippen LogP contribution in [0.25, 0.3) is 5.76 Å². The average Bonchev–Trinajstić information content (AvgIpc) is 3.54. The molecule has 1 aliphatic rings. The van der Waals surface area contributed by atoms with E-state index in [1.807, 2.05) is 30.3 Å². The number of carbonyl (C=O) groups is 2. The van der Waals surface area contributed by atoms with Crippen molar-refractivity contribution in [3.63, 3.8) is 0 Å². The van der Waals surface area contributed by atoms with Gasteiger partial charge in [-0.1, -0.05) is 89.8 Å². The third-order valence-electron chi connectivity index (χ3n) is 6.02. The summed E-state index contributed by atoms with van der Waals surface area (Å²) in [7, 11) is 3.03. The number of hydrogen-bond donors (Lipinski definition) is 1. The Morgan fingerprint density at radius 1 is 0.947 bits per heavy atom. The number of aliphatic hydroxyl groups excluding tert-OH is 1. The zero-order valence-corrected chi connectivity index (χ0v) is 22.2. The number of aliphatic hydroxyl groups is 1. The quantitative estimate of drug-likeness (QED) is 0.102. The number of ketones is 1. The van der Waals surface area contributed by atoms with Gasteiger partial charge in [-0.2, -0.15) is 0 Å². The van der Waals surface area contributed by atoms with Crippen molar-refractivity contribution in [2.24, 2.45) is 0 Å². The van der Waals surface area contributed by atoms with Crippen LogP contribution in [0.2, 0.25) is 0 Å². The van der Waals surface area contributed by atoms with E-state index < -0.39 is 17.7 Å². The molecule has 0 bridgehead atoms. The van der Waals surface area contributed by atoms with Crippen molar-refractivity contribution in [3.05, 3.63) is 101 Å². The molecule has 192 valence electrons. The number of amides is 1. The first-order chi connectivity index (χ1) is 18.5. The number of aromatic nitrogens is 2. The van der Waals surface area contributed by atoms with Gasteiger partial charge >= 0.3 is 5.91 Å². The minimum atomic E-state index is -0.949. The maximum absolute atomic E-state index is 13.4. The van der Waals surface area contributed by atoms with E-state index in [1.54, 1.807) is 48.5 Å². The van der Waals surface area contributed by atoms with E-state index >= 15 is 0 Å². The highest BCUT2D eigenvalue weighted by Gasteiger charge is 2.48. The zero-order valence-electron chi connectivity index (χ0n) is 20.5. The summed E-state index contributed by atoms with van der Waals surface area (Å²) in [5.74, 6) is -0.271. The van der Waals surface area contributed by atoms with E-state index in [-0.39, 0.29) is 16.5 Å². The Morgan fingerprint density at radius 3 is 2.32 bits per heavy atom. The third kappa shape index (κ3) is 4.88. The van der Waals surface area contributed by atoms with Gasteiger partial charge in [0, 0.05) is 11.3 Å². The highest BCUT2D eigenvalue weighted by atomic mass is 32.2. The fourth-order valence-electron chi connectivity index (χ4n) is 4.20. The number of ether oxygens (including phenoxy) is 2. The molecule has 1 unspecified atom stereocenters. The van der Waals surface area contributed by atoms with E-state index in [0.717, 1.165) is 5.56 Å². The second-order valence-electron chi connectivity index (χ2n) is 8.27. The van der Waals surface area contributed by atoms with Gasteiger partial charge in [0.15, 0.2) is 15.8 Å². The summed E-state index contributed by atoms with van der Waals surface area (Å²) in [6.45, 7) is 0. The molecule has 1 fully saturated rings. The van der Waals surface area contributed by atoms with Crippen LogP contribution in [-0.4, -0.2) is 41.2 Å². The van der Waals surface area contributed by atoms with Crippen LogP contribution in [0.15, 0.2) is 88.8 Å². The molecule has 1 aliphatic heterocycles. The van der Waals surface area contributed by atoms with Crippen LogP contribution in [0.1, 0.15) is 22.7 Å². The molecular formula is C28H23N3O5S2. The molecule has 8 nitrogen and oxygen atoms in total. The van der Waals surface area contributed by atoms with Crippen LogP contribution < -0.4 is 14.4 Å². The summed E-state index contributed by atoms with van der Waals surface area (Å²) in [6, 6.07) is 22.8. The second kappa shape index (κ2) is 11.1. The first-order valence-corrected chi connectivity index (χ1v) is 13.4. The number of carbonyl (C=O) groups excluding carboxylic acids is 2. The minimum Gasteiger partial charge on any atom is -0.507 e. The first-order valence-electron chi connectivity index (χ1n) is 11.6. The van der Waals surface area contributed by atoms with Crippen molar-refractivity contribution in [2.75, 3.05) is 19.1 Å². The number of Topliss-reactive ketones (excluding diaryl/α,β-unsaturated/α-hetero) is 1. The smallest absolute Gasteiger partial charge is 0.301 e. The summed E-state index contributed by atoms with van der Waals surface area (Å²) in [4.78, 5) is 28.1. The minimum absolute atomic E-state index is 0.0397. The lowest BCUT2D eigenvalue weighted by Gasteiger charge is -2.23. The molecule has 1 atom stereocenters. The molecule has 1 saturated heterocycles. The summed E-state index contributed by atoms with van der Waals surface area (Å²) < 4.78 is 11.5. The molecular weight excluding hydrogens is 522 g/mol. The van der Waals surface area contributed by atoms with Crippen LogP contribution in [0.4, 0.5) is 5.13 Å². The Labute approximate surface area is 227 Å². The number of anilines is 1. The maximum Gasteiger partial charge on any atom is 0.301 e. The summed E-state index contributed by atoms with van der Waals surface area (Å²) in [5.41, 5.74) is 2.06. The number of methoxy groups -OCH3 is 2.